The van der Waals surface area contributed by atoms with E-state index in [1.54, 1.807) is 31.2 Å². The van der Waals surface area contributed by atoms with Gasteiger partial charge in [-0.25, -0.2) is 13.2 Å². The molecule has 0 amide bonds. The Balaban J connectivity index is 1.83. The summed E-state index contributed by atoms with van der Waals surface area (Å²) in [6.07, 6.45) is -4.54. The molecule has 4 rings (SSSR count). The molecule has 30 heavy (non-hydrogen) atoms. The second-order valence-electron chi connectivity index (χ2n) is 6.80. The fourth-order valence-electron chi connectivity index (χ4n) is 3.54. The Hall–Kier alpha value is -3.22. The Kier molecular flexibility index (Phi) is 4.84. The third kappa shape index (κ3) is 3.56. The van der Waals surface area contributed by atoms with Crippen molar-refractivity contribution in [1.82, 2.24) is 0 Å². The molecular weight excluding hydrogens is 406 g/mol. The molecule has 0 aliphatic carbocycles. The second kappa shape index (κ2) is 7.23. The van der Waals surface area contributed by atoms with Crippen LogP contribution in [0.4, 0.5) is 26.3 Å². The van der Waals surface area contributed by atoms with Gasteiger partial charge in [-0.15, -0.1) is 13.2 Å². The Bertz CT molecular complexity index is 1280. The summed E-state index contributed by atoms with van der Waals surface area (Å²) in [6.45, 7) is 1.80. The summed E-state index contributed by atoms with van der Waals surface area (Å²) in [6, 6.07) is 12.1. The van der Waals surface area contributed by atoms with Gasteiger partial charge >= 0.3 is 6.36 Å². The number of hydrogen-bond donors (Lipinski definition) is 0. The summed E-state index contributed by atoms with van der Waals surface area (Å²) in [5.41, 5.74) is 1.12. The first kappa shape index (κ1) is 20.1. The van der Waals surface area contributed by atoms with Gasteiger partial charge in [0, 0.05) is 10.8 Å². The van der Waals surface area contributed by atoms with E-state index in [1.165, 1.54) is 12.1 Å². The lowest BCUT2D eigenvalue weighted by Gasteiger charge is -2.12. The molecule has 4 aromatic rings. The smallest absolute Gasteiger partial charge is 0.403 e. The lowest BCUT2D eigenvalue weighted by molar-refractivity contribution is -0.275. The van der Waals surface area contributed by atoms with Gasteiger partial charge in [-0.05, 0) is 58.1 Å². The third-order valence-corrected chi connectivity index (χ3v) is 4.97. The zero-order valence-corrected chi connectivity index (χ0v) is 15.6. The van der Waals surface area contributed by atoms with Gasteiger partial charge in [0.2, 0.25) is 0 Å². The van der Waals surface area contributed by atoms with Crippen molar-refractivity contribution in [1.29, 1.82) is 0 Å². The van der Waals surface area contributed by atoms with Crippen LogP contribution in [-0.2, 0) is 6.42 Å². The monoisotopic (exact) mass is 420 g/mol. The fourth-order valence-corrected chi connectivity index (χ4v) is 3.54. The Morgan fingerprint density at radius 1 is 0.700 bits per heavy atom. The summed E-state index contributed by atoms with van der Waals surface area (Å²) in [5, 5.41) is 1.38. The van der Waals surface area contributed by atoms with Gasteiger partial charge in [0.1, 0.15) is 11.6 Å². The normalized spacial score (nSPS) is 12.0. The molecule has 0 aliphatic rings. The maximum atomic E-state index is 14.8. The maximum absolute atomic E-state index is 14.8. The van der Waals surface area contributed by atoms with Crippen LogP contribution in [0.5, 0.6) is 5.75 Å². The average Bonchev–Trinajstić information content (AvgIpc) is 2.69. The van der Waals surface area contributed by atoms with Crippen molar-refractivity contribution in [2.45, 2.75) is 19.7 Å². The number of hydrogen-bond acceptors (Lipinski definition) is 1. The predicted molar refractivity (Wildman–Crippen MR) is 103 cm³/mol. The zero-order valence-electron chi connectivity index (χ0n) is 15.6. The van der Waals surface area contributed by atoms with Crippen molar-refractivity contribution < 1.29 is 31.1 Å². The lowest BCUT2D eigenvalue weighted by atomic mass is 9.95. The van der Waals surface area contributed by atoms with E-state index in [4.69, 9.17) is 0 Å². The minimum atomic E-state index is -5.01. The van der Waals surface area contributed by atoms with E-state index in [1.807, 2.05) is 0 Å². The number of aryl methyl sites for hydroxylation is 1. The molecule has 1 nitrogen and oxygen atoms in total. The van der Waals surface area contributed by atoms with E-state index in [0.717, 1.165) is 18.2 Å². The van der Waals surface area contributed by atoms with Gasteiger partial charge in [0.15, 0.2) is 11.6 Å². The van der Waals surface area contributed by atoms with Crippen molar-refractivity contribution in [3.63, 3.8) is 0 Å². The summed E-state index contributed by atoms with van der Waals surface area (Å²) >= 11 is 0. The Morgan fingerprint density at radius 2 is 1.33 bits per heavy atom. The van der Waals surface area contributed by atoms with Gasteiger partial charge in [-0.1, -0.05) is 37.3 Å². The number of benzene rings is 4. The number of halogens is 6. The van der Waals surface area contributed by atoms with E-state index in [0.29, 0.717) is 28.3 Å². The standard InChI is InChI=1S/C23H14F6O/c1-2-12-3-6-16-15-7-4-13(9-17(15)19(24)11-18(16)22(12)26)14-5-8-21(20(25)10-14)30-23(27,28)29/h3-11H,2H2,1H3. The SMILES string of the molecule is CCc1ccc2c(cc(F)c3cc(-c4ccc(OC(F)(F)F)c(F)c4)ccc32)c1F. The van der Waals surface area contributed by atoms with Gasteiger partial charge < -0.3 is 4.74 Å². The molecule has 0 unspecified atom stereocenters. The van der Waals surface area contributed by atoms with Gasteiger partial charge in [-0.3, -0.25) is 0 Å². The molecule has 0 atom stereocenters. The van der Waals surface area contributed by atoms with Gasteiger partial charge in [0.05, 0.1) is 0 Å². The van der Waals surface area contributed by atoms with Crippen LogP contribution in [0, 0.1) is 17.5 Å². The molecule has 0 fully saturated rings. The van der Waals surface area contributed by atoms with E-state index in [-0.39, 0.29) is 16.3 Å². The van der Waals surface area contributed by atoms with E-state index in [2.05, 4.69) is 4.74 Å². The molecule has 154 valence electrons. The van der Waals surface area contributed by atoms with Crippen LogP contribution in [0.2, 0.25) is 0 Å². The van der Waals surface area contributed by atoms with Crippen LogP contribution in [0.3, 0.4) is 0 Å². The van der Waals surface area contributed by atoms with Crippen LogP contribution in [-0.4, -0.2) is 6.36 Å². The average molecular weight is 420 g/mol. The minimum Gasteiger partial charge on any atom is -0.403 e. The Labute approximate surface area is 167 Å². The molecular formula is C23H14F6O. The predicted octanol–water partition coefficient (Wildman–Crippen LogP) is 7.54. The van der Waals surface area contributed by atoms with Crippen LogP contribution in [0.1, 0.15) is 12.5 Å². The number of ether oxygens (including phenoxy) is 1. The van der Waals surface area contributed by atoms with E-state index >= 15 is 0 Å². The largest absolute Gasteiger partial charge is 0.573 e. The molecule has 0 saturated heterocycles. The number of fused-ring (bicyclic) bond motifs is 3. The van der Waals surface area contributed by atoms with Crippen molar-refractivity contribution in [3.05, 3.63) is 77.6 Å². The number of alkyl halides is 3. The molecule has 0 radical (unpaired) electrons. The van der Waals surface area contributed by atoms with Crippen molar-refractivity contribution in [3.8, 4) is 16.9 Å². The highest BCUT2D eigenvalue weighted by atomic mass is 19.4. The molecule has 7 heteroatoms. The summed E-state index contributed by atoms with van der Waals surface area (Å²) in [5.74, 6) is -3.27. The summed E-state index contributed by atoms with van der Waals surface area (Å²) < 4.78 is 84.0. The first-order chi connectivity index (χ1) is 14.2. The first-order valence-electron chi connectivity index (χ1n) is 9.07. The topological polar surface area (TPSA) is 9.23 Å². The van der Waals surface area contributed by atoms with Crippen LogP contribution >= 0.6 is 0 Å². The third-order valence-electron chi connectivity index (χ3n) is 4.97. The first-order valence-corrected chi connectivity index (χ1v) is 9.07. The van der Waals surface area contributed by atoms with E-state index in [9.17, 15) is 26.3 Å². The van der Waals surface area contributed by atoms with Crippen LogP contribution in [0.25, 0.3) is 32.7 Å². The van der Waals surface area contributed by atoms with Crippen LogP contribution in [0.15, 0.2) is 54.6 Å². The van der Waals surface area contributed by atoms with E-state index < -0.39 is 29.6 Å². The van der Waals surface area contributed by atoms with Crippen molar-refractivity contribution in [2.75, 3.05) is 0 Å². The van der Waals surface area contributed by atoms with Gasteiger partial charge in [0.25, 0.3) is 0 Å². The molecule has 0 aromatic heterocycles. The minimum absolute atomic E-state index is 0.173. The molecule has 0 aliphatic heterocycles. The quantitative estimate of drug-likeness (QED) is 0.246. The highest BCUT2D eigenvalue weighted by Crippen LogP contribution is 2.35. The second-order valence-corrected chi connectivity index (χ2v) is 6.80. The highest BCUT2D eigenvalue weighted by Gasteiger charge is 2.32. The van der Waals surface area contributed by atoms with Crippen molar-refractivity contribution >= 4 is 21.5 Å². The lowest BCUT2D eigenvalue weighted by Crippen LogP contribution is -2.17. The molecule has 0 heterocycles. The molecule has 0 bridgehead atoms. The molecule has 0 saturated carbocycles. The Morgan fingerprint density at radius 3 is 2.00 bits per heavy atom. The maximum Gasteiger partial charge on any atom is 0.573 e. The molecule has 0 spiro atoms. The van der Waals surface area contributed by atoms with Gasteiger partial charge in [-0.2, -0.15) is 0 Å². The fraction of sp³-hybridized carbons (Fsp3) is 0.130. The summed E-state index contributed by atoms with van der Waals surface area (Å²) in [4.78, 5) is 0. The highest BCUT2D eigenvalue weighted by molar-refractivity contribution is 6.09. The summed E-state index contributed by atoms with van der Waals surface area (Å²) in [7, 11) is 0. The number of rotatable bonds is 3. The zero-order chi connectivity index (χ0) is 21.6. The van der Waals surface area contributed by atoms with Crippen molar-refractivity contribution in [2.24, 2.45) is 0 Å². The molecule has 4 aromatic carbocycles. The van der Waals surface area contributed by atoms with Crippen LogP contribution < -0.4 is 4.74 Å². The molecule has 0 N–H and O–H groups in total.